The highest BCUT2D eigenvalue weighted by atomic mass is 16.6. The van der Waals surface area contributed by atoms with Crippen molar-refractivity contribution in [2.45, 2.75) is 71.8 Å². The molecule has 4 amide bonds. The van der Waals surface area contributed by atoms with Gasteiger partial charge in [-0.05, 0) is 83.0 Å². The van der Waals surface area contributed by atoms with Gasteiger partial charge < -0.3 is 26.0 Å². The zero-order chi connectivity index (χ0) is 32.8. The minimum atomic E-state index is -0.876. The summed E-state index contributed by atoms with van der Waals surface area (Å²) in [5, 5.41) is 10.8. The first-order valence-corrected chi connectivity index (χ1v) is 14.9. The number of aromatic nitrogens is 2. The summed E-state index contributed by atoms with van der Waals surface area (Å²) in [6.07, 6.45) is 3.31. The van der Waals surface area contributed by atoms with Gasteiger partial charge in [-0.3, -0.25) is 29.3 Å². The molecule has 1 aromatic carbocycles. The lowest BCUT2D eigenvalue weighted by Crippen LogP contribution is -2.52. The molecule has 0 aliphatic heterocycles. The summed E-state index contributed by atoms with van der Waals surface area (Å²) in [4.78, 5) is 60.5. The third-order valence-corrected chi connectivity index (χ3v) is 6.42. The molecule has 45 heavy (non-hydrogen) atoms. The SMILES string of the molecule is C[C@@H](NC(=O)OC(C)(C)C)C(=O)N[C@H](C)C(=O)NCCc1ccc(NC(=O)CN(Cc2ccccn2)Cc2ccccn2)cc1. The Morgan fingerprint density at radius 3 is 1.91 bits per heavy atom. The minimum Gasteiger partial charge on any atom is -0.444 e. The van der Waals surface area contributed by atoms with Crippen LogP contribution >= 0.6 is 0 Å². The Bertz CT molecular complexity index is 1350. The predicted molar refractivity (Wildman–Crippen MR) is 171 cm³/mol. The highest BCUT2D eigenvalue weighted by Crippen LogP contribution is 2.12. The number of carbonyl (C=O) groups is 4. The van der Waals surface area contributed by atoms with Crippen LogP contribution in [0.25, 0.3) is 0 Å². The summed E-state index contributed by atoms with van der Waals surface area (Å²) in [5.41, 5.74) is 2.66. The molecule has 240 valence electrons. The van der Waals surface area contributed by atoms with Crippen LogP contribution in [0, 0.1) is 0 Å². The normalized spacial score (nSPS) is 12.5. The lowest BCUT2D eigenvalue weighted by molar-refractivity contribution is -0.129. The van der Waals surface area contributed by atoms with Gasteiger partial charge in [0.2, 0.25) is 17.7 Å². The van der Waals surface area contributed by atoms with E-state index in [9.17, 15) is 19.2 Å². The number of rotatable bonds is 14. The van der Waals surface area contributed by atoms with Gasteiger partial charge in [0, 0.05) is 37.7 Å². The molecule has 2 atom stereocenters. The fourth-order valence-corrected chi connectivity index (χ4v) is 4.20. The molecule has 2 aromatic heterocycles. The van der Waals surface area contributed by atoms with E-state index in [1.165, 1.54) is 6.92 Å². The summed E-state index contributed by atoms with van der Waals surface area (Å²) in [5.74, 6) is -1.01. The molecule has 0 unspecified atom stereocenters. The number of hydrogen-bond acceptors (Lipinski definition) is 8. The Labute approximate surface area is 264 Å². The first-order chi connectivity index (χ1) is 21.4. The molecule has 12 heteroatoms. The van der Waals surface area contributed by atoms with Crippen LogP contribution in [0.1, 0.15) is 51.6 Å². The predicted octanol–water partition coefficient (Wildman–Crippen LogP) is 3.19. The van der Waals surface area contributed by atoms with Gasteiger partial charge in [0.15, 0.2) is 0 Å². The second-order valence-electron chi connectivity index (χ2n) is 11.7. The smallest absolute Gasteiger partial charge is 0.408 e. The number of benzene rings is 1. The summed E-state index contributed by atoms with van der Waals surface area (Å²) in [6.45, 7) is 9.76. The Morgan fingerprint density at radius 1 is 0.800 bits per heavy atom. The van der Waals surface area contributed by atoms with Gasteiger partial charge in [-0.1, -0.05) is 24.3 Å². The molecule has 0 spiro atoms. The monoisotopic (exact) mass is 617 g/mol. The Hall–Kier alpha value is -4.84. The third kappa shape index (κ3) is 13.1. The number of nitrogens with one attached hydrogen (secondary N) is 4. The van der Waals surface area contributed by atoms with Gasteiger partial charge in [0.05, 0.1) is 17.9 Å². The number of hydrogen-bond donors (Lipinski definition) is 4. The topological polar surface area (TPSA) is 155 Å². The summed E-state index contributed by atoms with van der Waals surface area (Å²) in [7, 11) is 0. The fraction of sp³-hybridized carbons (Fsp3) is 0.394. The second kappa shape index (κ2) is 16.9. The van der Waals surface area contributed by atoms with E-state index in [-0.39, 0.29) is 18.4 Å². The average molecular weight is 618 g/mol. The van der Waals surface area contributed by atoms with Crippen molar-refractivity contribution in [3.63, 3.8) is 0 Å². The average Bonchev–Trinajstić information content (AvgIpc) is 2.98. The van der Waals surface area contributed by atoms with Crippen LogP contribution in [0.2, 0.25) is 0 Å². The molecule has 4 N–H and O–H groups in total. The number of ether oxygens (including phenoxy) is 1. The maximum absolute atomic E-state index is 12.9. The van der Waals surface area contributed by atoms with Gasteiger partial charge in [-0.15, -0.1) is 0 Å². The van der Waals surface area contributed by atoms with Gasteiger partial charge in [0.1, 0.15) is 17.7 Å². The van der Waals surface area contributed by atoms with Crippen molar-refractivity contribution in [1.29, 1.82) is 0 Å². The summed E-state index contributed by atoms with van der Waals surface area (Å²) < 4.78 is 5.15. The first-order valence-electron chi connectivity index (χ1n) is 14.9. The van der Waals surface area contributed by atoms with Crippen LogP contribution in [-0.2, 0) is 38.6 Å². The maximum atomic E-state index is 12.9. The van der Waals surface area contributed by atoms with Crippen LogP contribution in [0.5, 0.6) is 0 Å². The van der Waals surface area contributed by atoms with Crippen molar-refractivity contribution in [2.75, 3.05) is 18.4 Å². The van der Waals surface area contributed by atoms with Crippen molar-refractivity contribution in [3.05, 3.63) is 90.0 Å². The summed E-state index contributed by atoms with van der Waals surface area (Å²) >= 11 is 0. The largest absolute Gasteiger partial charge is 0.444 e. The highest BCUT2D eigenvalue weighted by Gasteiger charge is 2.23. The molecular weight excluding hydrogens is 574 g/mol. The van der Waals surface area contributed by atoms with Gasteiger partial charge >= 0.3 is 6.09 Å². The van der Waals surface area contributed by atoms with E-state index in [0.29, 0.717) is 31.7 Å². The molecule has 3 aromatic rings. The van der Waals surface area contributed by atoms with Crippen LogP contribution in [-0.4, -0.2) is 69.5 Å². The second-order valence-corrected chi connectivity index (χ2v) is 11.7. The Kier molecular flexibility index (Phi) is 13.0. The molecule has 0 saturated carbocycles. The number of alkyl carbamates (subject to hydrolysis) is 1. The van der Waals surface area contributed by atoms with Crippen molar-refractivity contribution >= 4 is 29.5 Å². The van der Waals surface area contributed by atoms with E-state index in [4.69, 9.17) is 4.74 Å². The standard InChI is InChI=1S/C33H43N7O5/c1-23(37-31(43)24(2)38-32(44)45-33(3,4)5)30(42)36-19-16-25-12-14-26(15-13-25)39-29(41)22-40(20-27-10-6-8-17-34-27)21-28-11-7-9-18-35-28/h6-15,17-18,23-24H,16,19-22H2,1-5H3,(H,36,42)(H,37,43)(H,38,44)(H,39,41)/t23-,24-/m1/s1. The van der Waals surface area contributed by atoms with E-state index >= 15 is 0 Å². The van der Waals surface area contributed by atoms with E-state index in [2.05, 4.69) is 31.2 Å². The molecule has 3 rings (SSSR count). The number of nitrogens with zero attached hydrogens (tertiary/aromatic N) is 3. The van der Waals surface area contributed by atoms with Crippen molar-refractivity contribution in [3.8, 4) is 0 Å². The van der Waals surface area contributed by atoms with Crippen LogP contribution < -0.4 is 21.3 Å². The van der Waals surface area contributed by atoms with Crippen molar-refractivity contribution in [1.82, 2.24) is 30.8 Å². The Balaban J connectivity index is 1.42. The van der Waals surface area contributed by atoms with Crippen molar-refractivity contribution < 1.29 is 23.9 Å². The number of anilines is 1. The molecule has 0 saturated heterocycles. The summed E-state index contributed by atoms with van der Waals surface area (Å²) in [6, 6.07) is 17.1. The van der Waals surface area contributed by atoms with Crippen molar-refractivity contribution in [2.24, 2.45) is 0 Å². The van der Waals surface area contributed by atoms with Gasteiger partial charge in [-0.2, -0.15) is 0 Å². The first kappa shape index (κ1) is 34.6. The number of carbonyl (C=O) groups excluding carboxylic acids is 4. The minimum absolute atomic E-state index is 0.158. The van der Waals surface area contributed by atoms with E-state index in [0.717, 1.165) is 17.0 Å². The van der Waals surface area contributed by atoms with Crippen LogP contribution in [0.15, 0.2) is 73.1 Å². The van der Waals surface area contributed by atoms with Gasteiger partial charge in [0.25, 0.3) is 0 Å². The van der Waals surface area contributed by atoms with E-state index in [1.807, 2.05) is 65.6 Å². The highest BCUT2D eigenvalue weighted by molar-refractivity contribution is 5.92. The molecule has 0 bridgehead atoms. The zero-order valence-electron chi connectivity index (χ0n) is 26.5. The van der Waals surface area contributed by atoms with Gasteiger partial charge in [-0.25, -0.2) is 4.79 Å². The third-order valence-electron chi connectivity index (χ3n) is 6.42. The molecule has 2 heterocycles. The zero-order valence-corrected chi connectivity index (χ0v) is 26.5. The molecule has 0 aliphatic carbocycles. The van der Waals surface area contributed by atoms with Crippen LogP contribution in [0.4, 0.5) is 10.5 Å². The molecule has 0 radical (unpaired) electrons. The van der Waals surface area contributed by atoms with Crippen LogP contribution in [0.3, 0.4) is 0 Å². The van der Waals surface area contributed by atoms with E-state index < -0.39 is 29.7 Å². The molecule has 0 fully saturated rings. The fourth-order valence-electron chi connectivity index (χ4n) is 4.20. The quantitative estimate of drug-likeness (QED) is 0.215. The maximum Gasteiger partial charge on any atom is 0.408 e. The lowest BCUT2D eigenvalue weighted by Gasteiger charge is -2.22. The number of amides is 4. The Morgan fingerprint density at radius 2 is 1.38 bits per heavy atom. The molecule has 0 aliphatic rings. The molecular formula is C33H43N7O5. The molecule has 12 nitrogen and oxygen atoms in total. The van der Waals surface area contributed by atoms with E-state index in [1.54, 1.807) is 40.1 Å². The lowest BCUT2D eigenvalue weighted by atomic mass is 10.1. The number of pyridine rings is 2.